The molecule has 1 heterocycles. The fourth-order valence-electron chi connectivity index (χ4n) is 2.82. The number of amides is 3. The molecule has 0 saturated carbocycles. The highest BCUT2D eigenvalue weighted by Gasteiger charge is 2.26. The van der Waals surface area contributed by atoms with Crippen molar-refractivity contribution in [1.82, 2.24) is 9.62 Å². The molecule has 0 aromatic heterocycles. The fraction of sp³-hybridized carbons (Fsp3) is 0.211. The second kappa shape index (κ2) is 8.54. The van der Waals surface area contributed by atoms with Crippen molar-refractivity contribution in [1.29, 1.82) is 0 Å². The van der Waals surface area contributed by atoms with E-state index in [0.29, 0.717) is 5.69 Å². The van der Waals surface area contributed by atoms with Gasteiger partial charge in [0.2, 0.25) is 21.8 Å². The Morgan fingerprint density at radius 1 is 1.20 bits per heavy atom. The third-order valence-electron chi connectivity index (χ3n) is 4.44. The Morgan fingerprint density at radius 2 is 1.93 bits per heavy atom. The molecule has 11 heteroatoms. The van der Waals surface area contributed by atoms with Gasteiger partial charge in [0, 0.05) is 17.2 Å². The van der Waals surface area contributed by atoms with Gasteiger partial charge in [-0.1, -0.05) is 15.9 Å². The Bertz CT molecular complexity index is 1150. The molecule has 3 N–H and O–H groups in total. The lowest BCUT2D eigenvalue weighted by Crippen LogP contribution is -2.35. The molecule has 0 fully saturated rings. The van der Waals surface area contributed by atoms with E-state index in [1.807, 2.05) is 6.92 Å². The van der Waals surface area contributed by atoms with Gasteiger partial charge < -0.3 is 16.0 Å². The van der Waals surface area contributed by atoms with Crippen molar-refractivity contribution in [3.63, 3.8) is 0 Å². The van der Waals surface area contributed by atoms with Gasteiger partial charge in [-0.05, 0) is 48.9 Å². The lowest BCUT2D eigenvalue weighted by atomic mass is 10.1. The number of halogens is 1. The van der Waals surface area contributed by atoms with Gasteiger partial charge in [0.25, 0.3) is 5.91 Å². The largest absolute Gasteiger partial charge is 0.343 e. The van der Waals surface area contributed by atoms with E-state index in [4.69, 9.17) is 0 Å². The normalized spacial score (nSPS) is 13.9. The van der Waals surface area contributed by atoms with E-state index in [-0.39, 0.29) is 22.7 Å². The first-order chi connectivity index (χ1) is 14.1. The third-order valence-corrected chi connectivity index (χ3v) is 7.12. The molecular formula is C19H19BrN4O5S. The summed E-state index contributed by atoms with van der Waals surface area (Å²) in [5.41, 5.74) is 1.72. The zero-order chi connectivity index (χ0) is 22.1. The molecule has 1 aliphatic heterocycles. The van der Waals surface area contributed by atoms with Gasteiger partial charge in [0.05, 0.1) is 29.2 Å². The van der Waals surface area contributed by atoms with Crippen LogP contribution in [0, 0.1) is 6.92 Å². The van der Waals surface area contributed by atoms with E-state index in [9.17, 15) is 22.8 Å². The maximum absolute atomic E-state index is 12.9. The summed E-state index contributed by atoms with van der Waals surface area (Å²) in [6, 6.07) is 9.05. The maximum atomic E-state index is 12.9. The number of anilines is 2. The van der Waals surface area contributed by atoms with Crippen molar-refractivity contribution in [2.75, 3.05) is 30.8 Å². The first kappa shape index (κ1) is 21.9. The quantitative estimate of drug-likeness (QED) is 0.583. The number of rotatable bonds is 5. The summed E-state index contributed by atoms with van der Waals surface area (Å²) in [4.78, 5) is 35.9. The summed E-state index contributed by atoms with van der Waals surface area (Å²) >= 11 is 3.37. The number of sulfonamides is 1. The summed E-state index contributed by atoms with van der Waals surface area (Å²) in [6.45, 7) is 1.25. The minimum absolute atomic E-state index is 0.0325. The number of fused-ring (bicyclic) bond motifs is 1. The van der Waals surface area contributed by atoms with Crippen molar-refractivity contribution in [2.45, 2.75) is 11.8 Å². The number of nitrogens with zero attached hydrogens (tertiary/aromatic N) is 1. The van der Waals surface area contributed by atoms with Gasteiger partial charge >= 0.3 is 0 Å². The molecule has 0 saturated heterocycles. The van der Waals surface area contributed by atoms with Gasteiger partial charge in [0.15, 0.2) is 0 Å². The van der Waals surface area contributed by atoms with Gasteiger partial charge in [0.1, 0.15) is 0 Å². The number of nitrogens with one attached hydrogen (secondary N) is 3. The molecule has 2 aromatic carbocycles. The summed E-state index contributed by atoms with van der Waals surface area (Å²) in [7, 11) is -2.78. The number of aryl methyl sites for hydroxylation is 1. The van der Waals surface area contributed by atoms with E-state index in [1.54, 1.807) is 18.2 Å². The standard InChI is InChI=1S/C19H19BrN4O5S/c1-11-7-12(3-5-15(11)20)22-18(26)10-24(2)30(28,29)13-4-6-16-14(8-13)19(27)21-9-17(25)23-16/h3-8H,9-10H2,1-2H3,(H,21,27)(H,22,26)(H,23,25). The molecular weight excluding hydrogens is 476 g/mol. The predicted octanol–water partition coefficient (Wildman–Crippen LogP) is 1.70. The van der Waals surface area contributed by atoms with Gasteiger partial charge in [-0.2, -0.15) is 4.31 Å². The van der Waals surface area contributed by atoms with Crippen LogP contribution in [-0.4, -0.2) is 50.6 Å². The molecule has 1 aliphatic rings. The fourth-order valence-corrected chi connectivity index (χ4v) is 4.22. The van der Waals surface area contributed by atoms with Gasteiger partial charge in [-0.15, -0.1) is 0 Å². The molecule has 2 aromatic rings. The van der Waals surface area contributed by atoms with Crippen molar-refractivity contribution in [2.24, 2.45) is 0 Å². The molecule has 158 valence electrons. The zero-order valence-electron chi connectivity index (χ0n) is 16.2. The Morgan fingerprint density at radius 3 is 2.63 bits per heavy atom. The highest BCUT2D eigenvalue weighted by atomic mass is 79.9. The van der Waals surface area contributed by atoms with Crippen molar-refractivity contribution in [3.8, 4) is 0 Å². The van der Waals surface area contributed by atoms with Crippen LogP contribution in [-0.2, 0) is 19.6 Å². The first-order valence-electron chi connectivity index (χ1n) is 8.82. The SMILES string of the molecule is Cc1cc(NC(=O)CN(C)S(=O)(=O)c2ccc3c(c2)C(=O)NCC(=O)N3)ccc1Br. The molecule has 0 aliphatic carbocycles. The smallest absolute Gasteiger partial charge is 0.253 e. The molecule has 3 amide bonds. The van der Waals surface area contributed by atoms with Crippen molar-refractivity contribution >= 4 is 55.0 Å². The molecule has 0 spiro atoms. The molecule has 3 rings (SSSR count). The summed E-state index contributed by atoms with van der Waals surface area (Å²) in [5.74, 6) is -1.48. The second-order valence-corrected chi connectivity index (χ2v) is 9.61. The van der Waals surface area contributed by atoms with Crippen LogP contribution in [0.3, 0.4) is 0 Å². The topological polar surface area (TPSA) is 125 Å². The molecule has 30 heavy (non-hydrogen) atoms. The van der Waals surface area contributed by atoms with E-state index in [0.717, 1.165) is 14.3 Å². The maximum Gasteiger partial charge on any atom is 0.253 e. The summed E-state index contributed by atoms with van der Waals surface area (Å²) in [5, 5.41) is 7.59. The first-order valence-corrected chi connectivity index (χ1v) is 11.1. The van der Waals surface area contributed by atoms with Crippen molar-refractivity contribution in [3.05, 3.63) is 52.0 Å². The van der Waals surface area contributed by atoms with Gasteiger partial charge in [-0.25, -0.2) is 8.42 Å². The number of hydrogen-bond acceptors (Lipinski definition) is 5. The molecule has 0 atom stereocenters. The van der Waals surface area contributed by atoms with Crippen LogP contribution in [0.1, 0.15) is 15.9 Å². The Kier molecular flexibility index (Phi) is 6.25. The van der Waals surface area contributed by atoms with Crippen LogP contribution in [0.15, 0.2) is 45.8 Å². The third kappa shape index (κ3) is 4.69. The second-order valence-electron chi connectivity index (χ2n) is 6.71. The van der Waals surface area contributed by atoms with E-state index >= 15 is 0 Å². The monoisotopic (exact) mass is 494 g/mol. The lowest BCUT2D eigenvalue weighted by molar-refractivity contribution is -0.116. The molecule has 0 radical (unpaired) electrons. The number of hydrogen-bond donors (Lipinski definition) is 3. The average Bonchev–Trinajstić information content (AvgIpc) is 2.82. The van der Waals surface area contributed by atoms with Crippen LogP contribution >= 0.6 is 15.9 Å². The molecule has 0 unspecified atom stereocenters. The highest BCUT2D eigenvalue weighted by Crippen LogP contribution is 2.24. The van der Waals surface area contributed by atoms with Crippen LogP contribution in [0.4, 0.5) is 11.4 Å². The van der Waals surface area contributed by atoms with Crippen LogP contribution in [0.5, 0.6) is 0 Å². The van der Waals surface area contributed by atoms with Gasteiger partial charge in [-0.3, -0.25) is 14.4 Å². The number of likely N-dealkylation sites (N-methyl/N-ethyl adjacent to an activating group) is 1. The van der Waals surface area contributed by atoms with Crippen LogP contribution in [0.2, 0.25) is 0 Å². The zero-order valence-corrected chi connectivity index (χ0v) is 18.6. The van der Waals surface area contributed by atoms with Crippen molar-refractivity contribution < 1.29 is 22.8 Å². The van der Waals surface area contributed by atoms with Crippen LogP contribution < -0.4 is 16.0 Å². The number of benzene rings is 2. The summed E-state index contributed by atoms with van der Waals surface area (Å²) in [6.07, 6.45) is 0. The van der Waals surface area contributed by atoms with E-state index in [1.165, 1.54) is 25.2 Å². The minimum atomic E-state index is -4.05. The highest BCUT2D eigenvalue weighted by molar-refractivity contribution is 9.10. The number of carbonyl (C=O) groups excluding carboxylic acids is 3. The predicted molar refractivity (Wildman–Crippen MR) is 115 cm³/mol. The lowest BCUT2D eigenvalue weighted by Gasteiger charge is -2.18. The average molecular weight is 495 g/mol. The van der Waals surface area contributed by atoms with E-state index < -0.39 is 34.3 Å². The minimum Gasteiger partial charge on any atom is -0.343 e. The van der Waals surface area contributed by atoms with Crippen LogP contribution in [0.25, 0.3) is 0 Å². The Balaban J connectivity index is 1.77. The number of carbonyl (C=O) groups is 3. The Hall–Kier alpha value is -2.76. The summed E-state index contributed by atoms with van der Waals surface area (Å²) < 4.78 is 27.5. The van der Waals surface area contributed by atoms with E-state index in [2.05, 4.69) is 31.9 Å². The molecule has 0 bridgehead atoms. The Labute approximate surface area is 182 Å². The molecule has 9 nitrogen and oxygen atoms in total.